The molecule has 0 fully saturated rings. The molecule has 0 aliphatic carbocycles. The number of fused-ring (bicyclic) bond motifs is 2. The van der Waals surface area contributed by atoms with Crippen LogP contribution >= 0.6 is 0 Å². The summed E-state index contributed by atoms with van der Waals surface area (Å²) in [6.07, 6.45) is 3.81. The lowest BCUT2D eigenvalue weighted by Crippen LogP contribution is -2.20. The number of nitrogens with zero attached hydrogens (tertiary/aromatic N) is 2. The summed E-state index contributed by atoms with van der Waals surface area (Å²) in [5.41, 5.74) is 3.39. The molecule has 1 aliphatic rings. The summed E-state index contributed by atoms with van der Waals surface area (Å²) in [6, 6.07) is 30.1. The van der Waals surface area contributed by atoms with Crippen molar-refractivity contribution in [2.75, 3.05) is 4.90 Å². The Hall–Kier alpha value is -3.39. The lowest BCUT2D eigenvalue weighted by molar-refractivity contribution is 1.20. The van der Waals surface area contributed by atoms with Crippen LogP contribution in [0.5, 0.6) is 0 Å². The van der Waals surface area contributed by atoms with Crippen molar-refractivity contribution < 1.29 is 0 Å². The summed E-state index contributed by atoms with van der Waals surface area (Å²) in [5, 5.41) is 4.98. The van der Waals surface area contributed by atoms with Gasteiger partial charge < -0.3 is 4.90 Å². The fourth-order valence-corrected chi connectivity index (χ4v) is 3.34. The second-order valence-electron chi connectivity index (χ2n) is 6.23. The fraction of sp³-hybridized carbons (Fsp3) is 0. The first kappa shape index (κ1) is 14.0. The van der Waals surface area contributed by atoms with Gasteiger partial charge in [-0.25, -0.2) is 0 Å². The molecule has 0 spiro atoms. The minimum Gasteiger partial charge on any atom is -0.307 e. The van der Waals surface area contributed by atoms with Crippen LogP contribution in [0.2, 0.25) is 0 Å². The number of hydrogen-bond donors (Lipinski definition) is 0. The zero-order chi connectivity index (χ0) is 16.6. The molecule has 0 unspecified atom stereocenters. The molecular weight excluding hydrogens is 304 g/mol. The van der Waals surface area contributed by atoms with Crippen molar-refractivity contribution in [3.05, 3.63) is 96.8 Å². The minimum atomic E-state index is 1.10. The van der Waals surface area contributed by atoms with Crippen LogP contribution in [-0.4, -0.2) is 6.21 Å². The van der Waals surface area contributed by atoms with E-state index >= 15 is 0 Å². The van der Waals surface area contributed by atoms with E-state index in [9.17, 15) is 0 Å². The average Bonchev–Trinajstić information content (AvgIpc) is 2.64. The molecule has 2 heteroatoms. The van der Waals surface area contributed by atoms with E-state index in [2.05, 4.69) is 94.8 Å². The SMILES string of the molecule is C1=NC=C1N(c1ccc2ccccc2c1)c1ccc2ccccc2c1. The maximum Gasteiger partial charge on any atom is 0.0828 e. The van der Waals surface area contributed by atoms with E-state index in [-0.39, 0.29) is 0 Å². The van der Waals surface area contributed by atoms with Crippen molar-refractivity contribution in [2.45, 2.75) is 0 Å². The van der Waals surface area contributed by atoms with Crippen LogP contribution < -0.4 is 4.90 Å². The molecule has 4 aromatic rings. The normalized spacial score (nSPS) is 12.9. The van der Waals surface area contributed by atoms with Crippen LogP contribution in [0.25, 0.3) is 21.5 Å². The van der Waals surface area contributed by atoms with Gasteiger partial charge in [-0.15, -0.1) is 0 Å². The molecule has 25 heavy (non-hydrogen) atoms. The van der Waals surface area contributed by atoms with E-state index in [4.69, 9.17) is 0 Å². The molecule has 1 aliphatic heterocycles. The first-order chi connectivity index (χ1) is 12.4. The van der Waals surface area contributed by atoms with E-state index in [1.54, 1.807) is 0 Å². The zero-order valence-electron chi connectivity index (χ0n) is 13.6. The van der Waals surface area contributed by atoms with Crippen LogP contribution in [0.3, 0.4) is 0 Å². The third kappa shape index (κ3) is 2.39. The number of benzene rings is 4. The largest absolute Gasteiger partial charge is 0.307 e. The van der Waals surface area contributed by atoms with Gasteiger partial charge in [0.25, 0.3) is 0 Å². The fourth-order valence-electron chi connectivity index (χ4n) is 3.34. The molecule has 0 bridgehead atoms. The molecular formula is C23H16N2. The summed E-state index contributed by atoms with van der Waals surface area (Å²) in [5.74, 6) is 0. The molecule has 1 heterocycles. The molecule has 0 saturated carbocycles. The molecule has 0 amide bonds. The van der Waals surface area contributed by atoms with E-state index in [1.807, 2.05) is 12.4 Å². The lowest BCUT2D eigenvalue weighted by atomic mass is 10.1. The molecule has 118 valence electrons. The Morgan fingerprint density at radius 3 is 1.48 bits per heavy atom. The maximum absolute atomic E-state index is 4.17. The van der Waals surface area contributed by atoms with Gasteiger partial charge in [-0.05, 0) is 45.8 Å². The highest BCUT2D eigenvalue weighted by Gasteiger charge is 2.17. The van der Waals surface area contributed by atoms with Crippen molar-refractivity contribution in [2.24, 2.45) is 4.99 Å². The highest BCUT2D eigenvalue weighted by Crippen LogP contribution is 2.34. The van der Waals surface area contributed by atoms with Gasteiger partial charge in [-0.2, -0.15) is 0 Å². The molecule has 0 saturated heterocycles. The Bertz CT molecular complexity index is 1080. The van der Waals surface area contributed by atoms with Gasteiger partial charge >= 0.3 is 0 Å². The number of allylic oxidation sites excluding steroid dienone is 1. The van der Waals surface area contributed by atoms with E-state index in [1.165, 1.54) is 21.5 Å². The Morgan fingerprint density at radius 1 is 0.560 bits per heavy atom. The highest BCUT2D eigenvalue weighted by atomic mass is 15.2. The Kier molecular flexibility index (Phi) is 3.14. The van der Waals surface area contributed by atoms with Crippen molar-refractivity contribution in [1.29, 1.82) is 0 Å². The highest BCUT2D eigenvalue weighted by molar-refractivity contribution is 5.97. The van der Waals surface area contributed by atoms with Gasteiger partial charge in [0.1, 0.15) is 0 Å². The maximum atomic E-state index is 4.17. The van der Waals surface area contributed by atoms with Crippen LogP contribution in [0.4, 0.5) is 11.4 Å². The Morgan fingerprint density at radius 2 is 1.04 bits per heavy atom. The van der Waals surface area contributed by atoms with Crippen LogP contribution in [0.15, 0.2) is 102 Å². The van der Waals surface area contributed by atoms with Crippen molar-refractivity contribution in [1.82, 2.24) is 0 Å². The van der Waals surface area contributed by atoms with Crippen LogP contribution in [0, 0.1) is 0 Å². The number of anilines is 2. The molecule has 0 aromatic heterocycles. The Balaban J connectivity index is 1.68. The predicted molar refractivity (Wildman–Crippen MR) is 107 cm³/mol. The van der Waals surface area contributed by atoms with Gasteiger partial charge in [-0.1, -0.05) is 60.7 Å². The van der Waals surface area contributed by atoms with E-state index < -0.39 is 0 Å². The minimum absolute atomic E-state index is 1.10. The first-order valence-corrected chi connectivity index (χ1v) is 8.40. The monoisotopic (exact) mass is 320 g/mol. The smallest absolute Gasteiger partial charge is 0.0828 e. The van der Waals surface area contributed by atoms with Gasteiger partial charge in [-0.3, -0.25) is 4.99 Å². The summed E-state index contributed by atoms with van der Waals surface area (Å²) in [4.78, 5) is 6.42. The quantitative estimate of drug-likeness (QED) is 0.448. The van der Waals surface area contributed by atoms with Crippen molar-refractivity contribution in [3.8, 4) is 0 Å². The summed E-state index contributed by atoms with van der Waals surface area (Å²) < 4.78 is 0. The first-order valence-electron chi connectivity index (χ1n) is 8.40. The summed E-state index contributed by atoms with van der Waals surface area (Å²) >= 11 is 0. The summed E-state index contributed by atoms with van der Waals surface area (Å²) in [7, 11) is 0. The molecule has 5 rings (SSSR count). The van der Waals surface area contributed by atoms with Crippen molar-refractivity contribution in [3.63, 3.8) is 0 Å². The van der Waals surface area contributed by atoms with E-state index in [0.717, 1.165) is 17.1 Å². The van der Waals surface area contributed by atoms with Gasteiger partial charge in [0.15, 0.2) is 0 Å². The van der Waals surface area contributed by atoms with Gasteiger partial charge in [0.05, 0.1) is 18.1 Å². The third-order valence-electron chi connectivity index (χ3n) is 4.65. The third-order valence-corrected chi connectivity index (χ3v) is 4.65. The molecule has 4 aromatic carbocycles. The number of aliphatic imine (C=N–C) groups is 1. The van der Waals surface area contributed by atoms with Crippen molar-refractivity contribution >= 4 is 39.1 Å². The second-order valence-corrected chi connectivity index (χ2v) is 6.23. The molecule has 0 N–H and O–H groups in total. The molecule has 2 nitrogen and oxygen atoms in total. The van der Waals surface area contributed by atoms with E-state index in [0.29, 0.717) is 0 Å². The Labute approximate surface area is 146 Å². The summed E-state index contributed by atoms with van der Waals surface area (Å²) in [6.45, 7) is 0. The second kappa shape index (κ2) is 5.60. The predicted octanol–water partition coefficient (Wildman–Crippen LogP) is 6.06. The zero-order valence-corrected chi connectivity index (χ0v) is 13.6. The standard InChI is InChI=1S/C23H16N2/c1-3-7-19-13-21(11-9-17(19)5-1)25(23-15-24-16-23)22-12-10-18-6-2-4-8-20(18)14-22/h1-16H. The van der Waals surface area contributed by atoms with Gasteiger partial charge in [0.2, 0.25) is 0 Å². The molecule has 0 atom stereocenters. The van der Waals surface area contributed by atoms with Crippen LogP contribution in [0.1, 0.15) is 0 Å². The topological polar surface area (TPSA) is 15.6 Å². The number of rotatable bonds is 3. The average molecular weight is 320 g/mol. The molecule has 0 radical (unpaired) electrons. The van der Waals surface area contributed by atoms with Gasteiger partial charge in [0, 0.05) is 11.4 Å². The number of hydrogen-bond acceptors (Lipinski definition) is 2. The lowest BCUT2D eigenvalue weighted by Gasteiger charge is -2.28. The van der Waals surface area contributed by atoms with Crippen LogP contribution in [-0.2, 0) is 0 Å².